The fraction of sp³-hybridized carbons (Fsp3) is 1.00. The maximum atomic E-state index is 11.8. The summed E-state index contributed by atoms with van der Waals surface area (Å²) in [5, 5.41) is 207. The smallest absolute Gasteiger partial charge is 0.187 e. The minimum absolute atomic E-state index is 0.234. The van der Waals surface area contributed by atoms with Gasteiger partial charge in [0.2, 0.25) is 0 Å². The summed E-state index contributed by atoms with van der Waals surface area (Å²) in [5.74, 6) is 0. The van der Waals surface area contributed by atoms with Crippen LogP contribution in [0.3, 0.4) is 0 Å². The number of aliphatic hydroxyl groups is 19. The van der Waals surface area contributed by atoms with Gasteiger partial charge in [-0.25, -0.2) is 0 Å². The molecule has 22 aliphatic heterocycles. The molecule has 32 heteroatoms. The summed E-state index contributed by atoms with van der Waals surface area (Å²) in [6, 6.07) is 0. The van der Waals surface area contributed by atoms with E-state index >= 15 is 0 Å². The third-order valence-electron chi connectivity index (χ3n) is 13.6. The number of hydrogen-bond donors (Lipinski definition) is 19. The molecule has 22 aliphatic rings. The molecule has 0 saturated carbocycles. The summed E-state index contributed by atoms with van der Waals surface area (Å²) < 4.78 is 74.8. The first-order chi connectivity index (χ1) is 34.4. The van der Waals surface area contributed by atoms with Gasteiger partial charge >= 0.3 is 0 Å². The molecule has 12 bridgehead atoms. The van der Waals surface area contributed by atoms with Gasteiger partial charge in [0.05, 0.1) is 52.4 Å². The van der Waals surface area contributed by atoms with Crippen molar-refractivity contribution >= 4 is 0 Å². The van der Waals surface area contributed by atoms with Crippen LogP contribution in [-0.2, 0) is 61.6 Å². The standard InChI is InChI=1S/C40H68O32/c41-2-1-10(48)9-60-34-27(59)40-66-16(8-47)33(34)72-39-26(58)21(53)31(14(6-45)65-39)70-37-24(56)19(51)29(12(4-43)63-37)68-35-22(54)17(49)28(11(3-42)61-35)67-36-23(55)18(50)30(13(5-44)62-36)69-38-25(57)20(52)32(71-40)15(7-46)64-38/h10-59H,1-9H2/t10?,11-,12-,13-,14-,15-,16-,17-,18-,19-,20-,21-,22-,23-,24-,25-,26-,27-,28-,29-,30-,31-,32-,33+,34-,35-,36-,37-,38-,39-,40-/m1/s1. The molecule has 32 nitrogen and oxygen atoms in total. The Bertz CT molecular complexity index is 1630. The molecule has 22 heterocycles. The summed E-state index contributed by atoms with van der Waals surface area (Å²) in [7, 11) is 0. The first kappa shape index (κ1) is 58.4. The molecule has 0 aromatic rings. The molecule has 0 spiro atoms. The van der Waals surface area contributed by atoms with Crippen LogP contribution in [0.4, 0.5) is 0 Å². The fourth-order valence-corrected chi connectivity index (χ4v) is 9.56. The van der Waals surface area contributed by atoms with Crippen molar-refractivity contribution in [1.82, 2.24) is 0 Å². The van der Waals surface area contributed by atoms with E-state index in [0.717, 1.165) is 0 Å². The van der Waals surface area contributed by atoms with Crippen LogP contribution in [0.25, 0.3) is 0 Å². The second-order valence-electron chi connectivity index (χ2n) is 18.3. The molecule has 22 rings (SSSR count). The van der Waals surface area contributed by atoms with Crippen molar-refractivity contribution in [2.24, 2.45) is 0 Å². The van der Waals surface area contributed by atoms with Crippen molar-refractivity contribution in [3.63, 3.8) is 0 Å². The monoisotopic (exact) mass is 1060 g/mol. The summed E-state index contributed by atoms with van der Waals surface area (Å²) >= 11 is 0. The molecule has 0 radical (unpaired) electrons. The molecule has 0 aliphatic carbocycles. The van der Waals surface area contributed by atoms with Gasteiger partial charge in [0.25, 0.3) is 0 Å². The van der Waals surface area contributed by atoms with Gasteiger partial charge in [0.1, 0.15) is 146 Å². The molecular weight excluding hydrogens is 992 g/mol. The highest BCUT2D eigenvalue weighted by Gasteiger charge is 2.59. The lowest BCUT2D eigenvalue weighted by molar-refractivity contribution is -0.405. The number of ether oxygens (including phenoxy) is 13. The van der Waals surface area contributed by atoms with E-state index in [0.29, 0.717) is 0 Å². The lowest BCUT2D eigenvalue weighted by Gasteiger charge is -2.51. The van der Waals surface area contributed by atoms with E-state index < -0.39 is 243 Å². The molecule has 420 valence electrons. The highest BCUT2D eigenvalue weighted by atomic mass is 16.8. The molecule has 22 saturated heterocycles. The van der Waals surface area contributed by atoms with Crippen molar-refractivity contribution in [3.05, 3.63) is 0 Å². The Morgan fingerprint density at radius 2 is 0.514 bits per heavy atom. The van der Waals surface area contributed by atoms with E-state index in [2.05, 4.69) is 0 Å². The van der Waals surface area contributed by atoms with Crippen LogP contribution in [-0.4, -0.2) is 340 Å². The number of aliphatic hydroxyl groups excluding tert-OH is 19. The minimum atomic E-state index is -2.18. The third kappa shape index (κ3) is 11.9. The quantitative estimate of drug-likeness (QED) is 0.0913. The topological polar surface area (TPSA) is 504 Å². The molecule has 72 heavy (non-hydrogen) atoms. The van der Waals surface area contributed by atoms with Gasteiger partial charge in [-0.1, -0.05) is 0 Å². The van der Waals surface area contributed by atoms with Crippen molar-refractivity contribution in [2.45, 2.75) is 197 Å². The maximum absolute atomic E-state index is 11.8. The summed E-state index contributed by atoms with van der Waals surface area (Å²) in [5.41, 5.74) is 0. The van der Waals surface area contributed by atoms with Crippen LogP contribution in [0, 0.1) is 0 Å². The predicted molar refractivity (Wildman–Crippen MR) is 217 cm³/mol. The lowest BCUT2D eigenvalue weighted by Crippen LogP contribution is -2.69. The van der Waals surface area contributed by atoms with Crippen LogP contribution in [0.2, 0.25) is 0 Å². The van der Waals surface area contributed by atoms with Gasteiger partial charge in [-0.3, -0.25) is 0 Å². The molecule has 1 unspecified atom stereocenters. The minimum Gasteiger partial charge on any atom is -0.396 e. The Morgan fingerprint density at radius 1 is 0.292 bits per heavy atom. The average molecular weight is 1060 g/mol. The molecule has 19 N–H and O–H groups in total. The van der Waals surface area contributed by atoms with Gasteiger partial charge < -0.3 is 159 Å². The first-order valence-electron chi connectivity index (χ1n) is 23.3. The number of hydrogen-bond acceptors (Lipinski definition) is 32. The maximum Gasteiger partial charge on any atom is 0.187 e. The van der Waals surface area contributed by atoms with Gasteiger partial charge in [0, 0.05) is 6.61 Å². The van der Waals surface area contributed by atoms with E-state index in [1.807, 2.05) is 0 Å². The Hall–Kier alpha value is -1.28. The van der Waals surface area contributed by atoms with Gasteiger partial charge in [0.15, 0.2) is 37.7 Å². The molecule has 0 aromatic carbocycles. The SMILES string of the molecule is OCCC(O)CO[C@@H]1[C@@H](O)[C@H]2O[C@H]3[C@H](O)[C@@H](O)[C@@H](O[C@H]4[C@H](O)[C@@H](O)[C@@H](O[C@H]5[C@H](O)[C@@H](O)[C@@H](O[C@H]6[C@H](O)[C@@H](O)[C@@H](O[C@H]7[C@H](O)[C@@H](O)[C@@H](O[C@H]1[C@@H](CO)O2)O[C@@H]7CO)O[C@@H]6CO)O[C@@H]5CO)O[C@@H]4CO)O[C@@H]3CO. The van der Waals surface area contributed by atoms with Crippen molar-refractivity contribution < 1.29 is 159 Å². The fourth-order valence-electron chi connectivity index (χ4n) is 9.56. The molecule has 31 atom stereocenters. The van der Waals surface area contributed by atoms with E-state index in [9.17, 15) is 97.0 Å². The Labute approximate surface area is 407 Å². The Morgan fingerprint density at radius 3 is 0.750 bits per heavy atom. The van der Waals surface area contributed by atoms with Crippen LogP contribution in [0.15, 0.2) is 0 Å². The zero-order chi connectivity index (χ0) is 52.5. The van der Waals surface area contributed by atoms with Gasteiger partial charge in [-0.2, -0.15) is 0 Å². The molecule has 22 fully saturated rings. The second kappa shape index (κ2) is 25.5. The third-order valence-corrected chi connectivity index (χ3v) is 13.6. The highest BCUT2D eigenvalue weighted by molar-refractivity contribution is 5.01. The van der Waals surface area contributed by atoms with Crippen LogP contribution < -0.4 is 0 Å². The van der Waals surface area contributed by atoms with E-state index in [-0.39, 0.29) is 6.42 Å². The van der Waals surface area contributed by atoms with Gasteiger partial charge in [-0.15, -0.1) is 0 Å². The summed E-state index contributed by atoms with van der Waals surface area (Å²) in [6.45, 7) is -7.25. The van der Waals surface area contributed by atoms with Crippen LogP contribution >= 0.6 is 0 Å². The second-order valence-corrected chi connectivity index (χ2v) is 18.3. The first-order valence-corrected chi connectivity index (χ1v) is 23.3. The van der Waals surface area contributed by atoms with Crippen molar-refractivity contribution in [3.8, 4) is 0 Å². The Balaban J connectivity index is 1.22. The van der Waals surface area contributed by atoms with Crippen molar-refractivity contribution in [1.29, 1.82) is 0 Å². The zero-order valence-corrected chi connectivity index (χ0v) is 38.1. The highest BCUT2D eigenvalue weighted by Crippen LogP contribution is 2.38. The van der Waals surface area contributed by atoms with E-state index in [1.165, 1.54) is 0 Å². The summed E-state index contributed by atoms with van der Waals surface area (Å²) in [4.78, 5) is 0. The van der Waals surface area contributed by atoms with Gasteiger partial charge in [-0.05, 0) is 6.42 Å². The van der Waals surface area contributed by atoms with Crippen LogP contribution in [0.1, 0.15) is 6.42 Å². The number of rotatable bonds is 11. The average Bonchev–Trinajstić information content (AvgIpc) is 3.37. The van der Waals surface area contributed by atoms with E-state index in [1.54, 1.807) is 0 Å². The van der Waals surface area contributed by atoms with Crippen molar-refractivity contribution in [2.75, 3.05) is 52.9 Å². The summed E-state index contributed by atoms with van der Waals surface area (Å²) in [6.07, 6.45) is -60.3. The molecular formula is C40H68O32. The van der Waals surface area contributed by atoms with E-state index in [4.69, 9.17) is 61.6 Å². The molecule has 0 aromatic heterocycles. The lowest BCUT2D eigenvalue weighted by atomic mass is 9.94. The zero-order valence-electron chi connectivity index (χ0n) is 38.1. The largest absolute Gasteiger partial charge is 0.396 e. The normalized spacial score (nSPS) is 52.2. The Kier molecular flexibility index (Phi) is 20.7. The molecule has 0 amide bonds. The predicted octanol–water partition coefficient (Wildman–Crippen LogP) is -13.3. The van der Waals surface area contributed by atoms with Crippen LogP contribution in [0.5, 0.6) is 0 Å².